The van der Waals surface area contributed by atoms with E-state index in [1.807, 2.05) is 24.3 Å². The Morgan fingerprint density at radius 3 is 2.71 bits per heavy atom. The van der Waals surface area contributed by atoms with Gasteiger partial charge in [0.25, 0.3) is 0 Å². The van der Waals surface area contributed by atoms with Gasteiger partial charge in [-0.05, 0) is 49.3 Å². The Bertz CT molecular complexity index is 438. The van der Waals surface area contributed by atoms with Crippen LogP contribution in [0.3, 0.4) is 0 Å². The van der Waals surface area contributed by atoms with Gasteiger partial charge in [-0.25, -0.2) is 4.79 Å². The van der Waals surface area contributed by atoms with Gasteiger partial charge in [0, 0.05) is 0 Å². The number of rotatable bonds is 6. The molecule has 1 aliphatic rings. The molecule has 1 radical (unpaired) electrons. The van der Waals surface area contributed by atoms with Crippen LogP contribution >= 0.6 is 0 Å². The van der Waals surface area contributed by atoms with E-state index in [1.54, 1.807) is 0 Å². The highest BCUT2D eigenvalue weighted by Crippen LogP contribution is 2.31. The summed E-state index contributed by atoms with van der Waals surface area (Å²) in [5, 5.41) is 0. The second-order valence-electron chi connectivity index (χ2n) is 5.99. The summed E-state index contributed by atoms with van der Waals surface area (Å²) in [6.07, 6.45) is 8.41. The summed E-state index contributed by atoms with van der Waals surface area (Å²) in [6.45, 7) is 4.37. The van der Waals surface area contributed by atoms with Gasteiger partial charge in [-0.2, -0.15) is 4.89 Å². The van der Waals surface area contributed by atoms with E-state index in [0.717, 1.165) is 31.8 Å². The molecule has 3 heteroatoms. The van der Waals surface area contributed by atoms with Crippen molar-refractivity contribution in [3.05, 3.63) is 41.5 Å². The molecule has 0 heterocycles. The van der Waals surface area contributed by atoms with E-state index in [9.17, 15) is 4.79 Å². The van der Waals surface area contributed by atoms with Crippen LogP contribution in [-0.4, -0.2) is 5.97 Å². The molecule has 1 aliphatic carbocycles. The fourth-order valence-electron chi connectivity index (χ4n) is 2.65. The van der Waals surface area contributed by atoms with E-state index in [2.05, 4.69) is 13.8 Å². The van der Waals surface area contributed by atoms with Crippen LogP contribution in [-0.2, 0) is 16.2 Å². The van der Waals surface area contributed by atoms with Gasteiger partial charge in [-0.3, -0.25) is 4.89 Å². The normalized spacial score (nSPS) is 19.4. The lowest BCUT2D eigenvalue weighted by Crippen LogP contribution is -2.16. The molecule has 0 N–H and O–H groups in total. The highest BCUT2D eigenvalue weighted by Gasteiger charge is 2.23. The monoisotopic (exact) mass is 289 g/mol. The molecule has 1 aromatic carbocycles. The molecule has 1 aromatic rings. The first kappa shape index (κ1) is 16.0. The number of hydrogen-bond donors (Lipinski definition) is 0. The standard InChI is InChI=1S/C18H25O3/c1-3-4-7-15-9-11-16(12-10-15)18(19)21-20-17-8-5-6-14(2)13-17/h9-12,14H,3-8,13H2,1-2H3. The van der Waals surface area contributed by atoms with Crippen molar-refractivity contribution in [2.24, 2.45) is 5.92 Å². The molecule has 0 spiro atoms. The van der Waals surface area contributed by atoms with Crippen molar-refractivity contribution in [1.29, 1.82) is 0 Å². The zero-order valence-electron chi connectivity index (χ0n) is 13.1. The van der Waals surface area contributed by atoms with Gasteiger partial charge in [0.1, 0.15) is 6.10 Å². The average Bonchev–Trinajstić information content (AvgIpc) is 2.51. The highest BCUT2D eigenvalue weighted by molar-refractivity contribution is 5.88. The third-order valence-electron chi connectivity index (χ3n) is 3.97. The van der Waals surface area contributed by atoms with E-state index in [4.69, 9.17) is 9.78 Å². The molecule has 0 aliphatic heterocycles. The SMILES string of the molecule is CCCCc1ccc(C(=O)OO[C]2CCCC(C)C2)cc1. The van der Waals surface area contributed by atoms with Crippen LogP contribution < -0.4 is 0 Å². The second kappa shape index (κ2) is 8.18. The van der Waals surface area contributed by atoms with Crippen LogP contribution in [0.4, 0.5) is 0 Å². The summed E-state index contributed by atoms with van der Waals surface area (Å²) in [5.41, 5.74) is 1.80. The lowest BCUT2D eigenvalue weighted by Gasteiger charge is -2.23. The summed E-state index contributed by atoms with van der Waals surface area (Å²) in [5.74, 6) is 0.202. The molecule has 0 bridgehead atoms. The van der Waals surface area contributed by atoms with Crippen LogP contribution in [0.5, 0.6) is 0 Å². The molecule has 3 nitrogen and oxygen atoms in total. The first-order chi connectivity index (χ1) is 10.2. The Labute approximate surface area is 127 Å². The molecule has 1 atom stereocenters. The maximum Gasteiger partial charge on any atom is 0.373 e. The molecule has 1 fully saturated rings. The Hall–Kier alpha value is -1.35. The van der Waals surface area contributed by atoms with Crippen molar-refractivity contribution in [2.45, 2.75) is 58.8 Å². The molecule has 115 valence electrons. The van der Waals surface area contributed by atoms with Crippen molar-refractivity contribution in [3.8, 4) is 0 Å². The quantitative estimate of drug-likeness (QED) is 0.554. The molecule has 2 rings (SSSR count). The van der Waals surface area contributed by atoms with Gasteiger partial charge in [-0.15, -0.1) is 0 Å². The molecule has 0 aromatic heterocycles. The lowest BCUT2D eigenvalue weighted by molar-refractivity contribution is -0.241. The van der Waals surface area contributed by atoms with Crippen LogP contribution in [0.25, 0.3) is 0 Å². The summed E-state index contributed by atoms with van der Waals surface area (Å²) in [6, 6.07) is 7.60. The van der Waals surface area contributed by atoms with Crippen molar-refractivity contribution in [2.75, 3.05) is 0 Å². The van der Waals surface area contributed by atoms with E-state index in [1.165, 1.54) is 24.8 Å². The van der Waals surface area contributed by atoms with Crippen molar-refractivity contribution in [1.82, 2.24) is 0 Å². The van der Waals surface area contributed by atoms with Crippen molar-refractivity contribution >= 4 is 5.97 Å². The summed E-state index contributed by atoms with van der Waals surface area (Å²) in [7, 11) is 0. The molecular weight excluding hydrogens is 264 g/mol. The zero-order chi connectivity index (χ0) is 15.1. The van der Waals surface area contributed by atoms with Crippen molar-refractivity contribution in [3.63, 3.8) is 0 Å². The summed E-state index contributed by atoms with van der Waals surface area (Å²) in [4.78, 5) is 22.1. The van der Waals surface area contributed by atoms with Gasteiger partial charge in [0.15, 0.2) is 0 Å². The maximum atomic E-state index is 11.9. The van der Waals surface area contributed by atoms with Gasteiger partial charge < -0.3 is 0 Å². The van der Waals surface area contributed by atoms with Gasteiger partial charge in [0.05, 0.1) is 5.56 Å². The average molecular weight is 289 g/mol. The molecular formula is C18H25O3. The van der Waals surface area contributed by atoms with E-state index in [0.29, 0.717) is 11.5 Å². The number of unbranched alkanes of at least 4 members (excludes halogenated alkanes) is 1. The minimum Gasteiger partial charge on any atom is -0.292 e. The lowest BCUT2D eigenvalue weighted by atomic mass is 9.89. The predicted octanol–water partition coefficient (Wildman–Crippen LogP) is 4.86. The number of aryl methyl sites for hydroxylation is 1. The third-order valence-corrected chi connectivity index (χ3v) is 3.97. The fourth-order valence-corrected chi connectivity index (χ4v) is 2.65. The first-order valence-electron chi connectivity index (χ1n) is 8.01. The van der Waals surface area contributed by atoms with Crippen LogP contribution in [0, 0.1) is 12.0 Å². The summed E-state index contributed by atoms with van der Waals surface area (Å²) >= 11 is 0. The largest absolute Gasteiger partial charge is 0.373 e. The maximum absolute atomic E-state index is 11.9. The molecule has 1 unspecified atom stereocenters. The number of benzene rings is 1. The Morgan fingerprint density at radius 2 is 2.05 bits per heavy atom. The van der Waals surface area contributed by atoms with Gasteiger partial charge in [-0.1, -0.05) is 45.2 Å². The van der Waals surface area contributed by atoms with Gasteiger partial charge >= 0.3 is 5.97 Å². The Morgan fingerprint density at radius 1 is 1.29 bits per heavy atom. The predicted molar refractivity (Wildman–Crippen MR) is 82.4 cm³/mol. The van der Waals surface area contributed by atoms with Crippen LogP contribution in [0.15, 0.2) is 24.3 Å². The second-order valence-corrected chi connectivity index (χ2v) is 5.99. The zero-order valence-corrected chi connectivity index (χ0v) is 13.1. The number of hydrogen-bond acceptors (Lipinski definition) is 3. The van der Waals surface area contributed by atoms with Crippen LogP contribution in [0.1, 0.15) is 68.3 Å². The van der Waals surface area contributed by atoms with Gasteiger partial charge in [0.2, 0.25) is 0 Å². The highest BCUT2D eigenvalue weighted by atomic mass is 17.2. The molecule has 21 heavy (non-hydrogen) atoms. The third kappa shape index (κ3) is 5.16. The summed E-state index contributed by atoms with van der Waals surface area (Å²) < 4.78 is 0. The molecule has 0 amide bonds. The number of carbonyl (C=O) groups is 1. The minimum absolute atomic E-state index is 0.414. The van der Waals surface area contributed by atoms with Crippen molar-refractivity contribution < 1.29 is 14.6 Å². The topological polar surface area (TPSA) is 35.5 Å². The Balaban J connectivity index is 1.79. The molecule has 0 saturated heterocycles. The first-order valence-corrected chi connectivity index (χ1v) is 8.01. The van der Waals surface area contributed by atoms with E-state index in [-0.39, 0.29) is 0 Å². The van der Waals surface area contributed by atoms with E-state index < -0.39 is 5.97 Å². The smallest absolute Gasteiger partial charge is 0.292 e. The van der Waals surface area contributed by atoms with E-state index >= 15 is 0 Å². The Kier molecular flexibility index (Phi) is 6.24. The minimum atomic E-state index is -0.414. The fraction of sp³-hybridized carbons (Fsp3) is 0.556. The van der Waals surface area contributed by atoms with Crippen LogP contribution in [0.2, 0.25) is 0 Å². The number of carbonyl (C=O) groups excluding carboxylic acids is 1. The molecule has 1 saturated carbocycles.